The van der Waals surface area contributed by atoms with Crippen LogP contribution in [0, 0.1) is 0 Å². The van der Waals surface area contributed by atoms with Crippen molar-refractivity contribution in [2.75, 3.05) is 18.4 Å². The van der Waals surface area contributed by atoms with E-state index in [-0.39, 0.29) is 24.0 Å². The van der Waals surface area contributed by atoms with Crippen LogP contribution in [0.3, 0.4) is 0 Å². The van der Waals surface area contributed by atoms with Crippen molar-refractivity contribution < 1.29 is 19.2 Å². The van der Waals surface area contributed by atoms with Crippen molar-refractivity contribution in [3.05, 3.63) is 29.3 Å². The lowest BCUT2D eigenvalue weighted by Crippen LogP contribution is -2.44. The summed E-state index contributed by atoms with van der Waals surface area (Å²) in [6.07, 6.45) is 4.37. The number of nitrogens with two attached hydrogens (primary N) is 2. The van der Waals surface area contributed by atoms with Crippen LogP contribution in [0.15, 0.2) is 18.2 Å². The van der Waals surface area contributed by atoms with Gasteiger partial charge in [0, 0.05) is 29.8 Å². The van der Waals surface area contributed by atoms with Crippen molar-refractivity contribution in [3.8, 4) is 0 Å². The number of nitrogens with one attached hydrogen (secondary N) is 2. The molecule has 0 fully saturated rings. The Morgan fingerprint density at radius 3 is 2.54 bits per heavy atom. The van der Waals surface area contributed by atoms with E-state index in [1.165, 1.54) is 6.07 Å². The molecule has 0 aliphatic heterocycles. The number of amides is 2. The Balaban J connectivity index is 2.75. The molecule has 0 bridgehead atoms. The van der Waals surface area contributed by atoms with E-state index in [4.69, 9.17) is 11.5 Å². The van der Waals surface area contributed by atoms with Crippen LogP contribution < -0.4 is 22.1 Å². The van der Waals surface area contributed by atoms with E-state index in [0.717, 1.165) is 31.5 Å². The lowest BCUT2D eigenvalue weighted by atomic mass is 10.1. The van der Waals surface area contributed by atoms with E-state index in [1.54, 1.807) is 12.1 Å². The van der Waals surface area contributed by atoms with Crippen molar-refractivity contribution in [2.45, 2.75) is 38.1 Å². The Kier molecular flexibility index (Phi) is 9.63. The van der Waals surface area contributed by atoms with Crippen LogP contribution in [0.25, 0.3) is 0 Å². The highest BCUT2D eigenvalue weighted by Crippen LogP contribution is 2.15. The molecule has 8 heteroatoms. The molecule has 0 aliphatic carbocycles. The highest BCUT2D eigenvalue weighted by atomic mass is 16.2. The molecule has 0 aromatic heterocycles. The van der Waals surface area contributed by atoms with Gasteiger partial charge in [0.2, 0.25) is 5.91 Å². The highest BCUT2D eigenvalue weighted by molar-refractivity contribution is 6.03. The molecule has 1 aromatic rings. The number of rotatable bonds is 13. The predicted molar refractivity (Wildman–Crippen MR) is 99.0 cm³/mol. The van der Waals surface area contributed by atoms with E-state index >= 15 is 0 Å². The first kappa shape index (κ1) is 21.3. The monoisotopic (exact) mass is 362 g/mol. The lowest BCUT2D eigenvalue weighted by molar-refractivity contribution is -0.120. The van der Waals surface area contributed by atoms with Gasteiger partial charge >= 0.3 is 0 Å². The fourth-order valence-corrected chi connectivity index (χ4v) is 2.41. The molecule has 0 spiro atoms. The molecule has 1 atom stereocenters. The largest absolute Gasteiger partial charge is 0.385 e. The van der Waals surface area contributed by atoms with Gasteiger partial charge in [0.05, 0.1) is 0 Å². The maximum atomic E-state index is 12.3. The maximum Gasteiger partial charge on any atom is 0.252 e. The summed E-state index contributed by atoms with van der Waals surface area (Å²) in [4.78, 5) is 45.5. The summed E-state index contributed by atoms with van der Waals surface area (Å²) in [5, 5.41) is 5.65. The van der Waals surface area contributed by atoms with Gasteiger partial charge in [0.25, 0.3) is 5.91 Å². The van der Waals surface area contributed by atoms with Crippen molar-refractivity contribution in [3.63, 3.8) is 0 Å². The Labute approximate surface area is 152 Å². The van der Waals surface area contributed by atoms with Gasteiger partial charge < -0.3 is 26.9 Å². The van der Waals surface area contributed by atoms with Crippen LogP contribution in [0.5, 0.6) is 0 Å². The molecule has 26 heavy (non-hydrogen) atoms. The summed E-state index contributed by atoms with van der Waals surface area (Å²) in [6.45, 7) is 1.40. The molecule has 142 valence electrons. The molecule has 0 saturated heterocycles. The molecule has 8 nitrogen and oxygen atoms in total. The van der Waals surface area contributed by atoms with Crippen molar-refractivity contribution in [1.82, 2.24) is 5.32 Å². The molecule has 0 aliphatic rings. The van der Waals surface area contributed by atoms with Gasteiger partial charge in [0.15, 0.2) is 6.29 Å². The number of benzene rings is 1. The van der Waals surface area contributed by atoms with Gasteiger partial charge in [-0.3, -0.25) is 14.4 Å². The molecule has 1 rings (SSSR count). The second-order valence-electron chi connectivity index (χ2n) is 5.87. The number of primary amides is 1. The van der Waals surface area contributed by atoms with Gasteiger partial charge in [-0.2, -0.15) is 0 Å². The number of hydrogen-bond acceptors (Lipinski definition) is 6. The molecule has 0 saturated carbocycles. The summed E-state index contributed by atoms with van der Waals surface area (Å²) < 4.78 is 0. The molecule has 1 unspecified atom stereocenters. The quantitative estimate of drug-likeness (QED) is 0.299. The van der Waals surface area contributed by atoms with Crippen LogP contribution in [0.4, 0.5) is 5.69 Å². The first-order valence-corrected chi connectivity index (χ1v) is 8.60. The van der Waals surface area contributed by atoms with Crippen molar-refractivity contribution >= 4 is 30.1 Å². The van der Waals surface area contributed by atoms with Gasteiger partial charge in [-0.15, -0.1) is 0 Å². The number of unbranched alkanes of at least 4 members (excludes halogenated alkanes) is 2. The van der Waals surface area contributed by atoms with E-state index < -0.39 is 17.9 Å². The topological polar surface area (TPSA) is 144 Å². The average Bonchev–Trinajstić information content (AvgIpc) is 2.64. The zero-order chi connectivity index (χ0) is 19.4. The number of anilines is 1. The molecule has 6 N–H and O–H groups in total. The Hall–Kier alpha value is -2.74. The van der Waals surface area contributed by atoms with Crippen LogP contribution >= 0.6 is 0 Å². The van der Waals surface area contributed by atoms with E-state index in [0.29, 0.717) is 19.1 Å². The zero-order valence-corrected chi connectivity index (χ0v) is 14.7. The van der Waals surface area contributed by atoms with E-state index in [1.807, 2.05) is 0 Å². The minimum Gasteiger partial charge on any atom is -0.385 e. The second kappa shape index (κ2) is 11.8. The normalized spacial score (nSPS) is 11.4. The summed E-state index contributed by atoms with van der Waals surface area (Å²) in [5.74, 6) is -1.32. The van der Waals surface area contributed by atoms with Crippen LogP contribution in [-0.4, -0.2) is 43.5 Å². The van der Waals surface area contributed by atoms with Gasteiger partial charge in [-0.25, -0.2) is 0 Å². The molecule has 1 aromatic carbocycles. The number of hydrogen-bond donors (Lipinski definition) is 4. The first-order valence-electron chi connectivity index (χ1n) is 8.60. The molecule has 2 amide bonds. The minimum absolute atomic E-state index is 0.0986. The predicted octanol–water partition coefficient (Wildman–Crippen LogP) is 0.603. The van der Waals surface area contributed by atoms with Crippen LogP contribution in [-0.2, 0) is 9.59 Å². The van der Waals surface area contributed by atoms with Crippen LogP contribution in [0.1, 0.15) is 52.8 Å². The van der Waals surface area contributed by atoms with Gasteiger partial charge in [-0.05, 0) is 44.0 Å². The molecule has 0 heterocycles. The third kappa shape index (κ3) is 7.02. The molecule has 0 radical (unpaired) electrons. The third-order valence-electron chi connectivity index (χ3n) is 3.86. The summed E-state index contributed by atoms with van der Waals surface area (Å²) >= 11 is 0. The summed E-state index contributed by atoms with van der Waals surface area (Å²) in [6, 6.07) is 3.82. The second-order valence-corrected chi connectivity index (χ2v) is 5.87. The van der Waals surface area contributed by atoms with Crippen molar-refractivity contribution in [1.29, 1.82) is 0 Å². The number of aldehydes is 2. The standard InChI is InChI=1S/C18H26N4O4/c19-8-2-1-3-9-21-14-6-7-15(13(11-14)12-24)18(26)22-16(17(20)25)5-4-10-23/h6-7,10-12,16,21H,1-5,8-9,19H2,(H2,20,25)(H,22,26). The van der Waals surface area contributed by atoms with E-state index in [9.17, 15) is 19.2 Å². The Morgan fingerprint density at radius 1 is 1.15 bits per heavy atom. The van der Waals surface area contributed by atoms with E-state index in [2.05, 4.69) is 10.6 Å². The highest BCUT2D eigenvalue weighted by Gasteiger charge is 2.20. The molecular formula is C18H26N4O4. The minimum atomic E-state index is -0.965. The Morgan fingerprint density at radius 2 is 1.92 bits per heavy atom. The zero-order valence-electron chi connectivity index (χ0n) is 14.7. The number of carbonyl (C=O) groups is 4. The van der Waals surface area contributed by atoms with Crippen LogP contribution in [0.2, 0.25) is 0 Å². The third-order valence-corrected chi connectivity index (χ3v) is 3.86. The average molecular weight is 362 g/mol. The smallest absolute Gasteiger partial charge is 0.252 e. The fourth-order valence-electron chi connectivity index (χ4n) is 2.41. The summed E-state index contributed by atoms with van der Waals surface area (Å²) in [7, 11) is 0. The summed E-state index contributed by atoms with van der Waals surface area (Å²) in [5.41, 5.74) is 11.7. The maximum absolute atomic E-state index is 12.3. The first-order chi connectivity index (χ1) is 12.5. The van der Waals surface area contributed by atoms with Crippen molar-refractivity contribution in [2.24, 2.45) is 11.5 Å². The van der Waals surface area contributed by atoms with Gasteiger partial charge in [-0.1, -0.05) is 6.42 Å². The molecular weight excluding hydrogens is 336 g/mol. The lowest BCUT2D eigenvalue weighted by Gasteiger charge is -2.15. The Bertz CT molecular complexity index is 634. The fraction of sp³-hybridized carbons (Fsp3) is 0.444. The number of carbonyl (C=O) groups excluding carboxylic acids is 4. The van der Waals surface area contributed by atoms with Gasteiger partial charge in [0.1, 0.15) is 12.3 Å². The SMILES string of the molecule is NCCCCCNc1ccc(C(=O)NC(CCC=O)C(N)=O)c(C=O)c1.